The minimum Gasteiger partial charge on any atom is -0.381 e. The lowest BCUT2D eigenvalue weighted by atomic mass is 9.84. The molecule has 1 amide bonds. The van der Waals surface area contributed by atoms with E-state index in [4.69, 9.17) is 0 Å². The van der Waals surface area contributed by atoms with Gasteiger partial charge in [-0.05, 0) is 63.9 Å². The molecule has 3 aliphatic heterocycles. The molecule has 2 bridgehead atoms. The summed E-state index contributed by atoms with van der Waals surface area (Å²) in [6, 6.07) is 8.55. The van der Waals surface area contributed by atoms with Crippen molar-refractivity contribution in [1.82, 2.24) is 10.2 Å². The molecule has 4 nitrogen and oxygen atoms in total. The summed E-state index contributed by atoms with van der Waals surface area (Å²) in [6.07, 6.45) is 2.59. The maximum Gasteiger partial charge on any atom is 0.251 e. The van der Waals surface area contributed by atoms with E-state index in [0.717, 1.165) is 23.7 Å². The minimum atomic E-state index is 0.00237. The smallest absolute Gasteiger partial charge is 0.251 e. The van der Waals surface area contributed by atoms with Crippen molar-refractivity contribution in [3.8, 4) is 0 Å². The van der Waals surface area contributed by atoms with Crippen LogP contribution in [0.2, 0.25) is 0 Å². The molecular formula is C17H25N3O. The average Bonchev–Trinajstić information content (AvgIpc) is 2.48. The highest BCUT2D eigenvalue weighted by Crippen LogP contribution is 2.29. The summed E-state index contributed by atoms with van der Waals surface area (Å²) in [5.74, 6) is 0.783. The predicted octanol–water partition coefficient (Wildman–Crippen LogP) is 2.33. The standard InChI is InChI=1S/C17H25N3O/c1-12(2)18-17(21)14-4-3-5-15(10-14)19-16-11-20-8-6-13(16)7-9-20/h3-5,10,12-13,16,19H,6-9,11H2,1-2H3,(H,18,21). The fourth-order valence-corrected chi connectivity index (χ4v) is 3.44. The quantitative estimate of drug-likeness (QED) is 0.893. The van der Waals surface area contributed by atoms with Gasteiger partial charge >= 0.3 is 0 Å². The number of amides is 1. The number of piperidine rings is 3. The van der Waals surface area contributed by atoms with Crippen LogP contribution >= 0.6 is 0 Å². The van der Waals surface area contributed by atoms with Crippen LogP contribution in [-0.2, 0) is 0 Å². The van der Waals surface area contributed by atoms with E-state index in [2.05, 4.69) is 21.6 Å². The van der Waals surface area contributed by atoms with Crippen LogP contribution in [0.3, 0.4) is 0 Å². The summed E-state index contributed by atoms with van der Waals surface area (Å²) in [5, 5.41) is 6.58. The third-order valence-corrected chi connectivity index (χ3v) is 4.55. The van der Waals surface area contributed by atoms with Crippen LogP contribution in [0.5, 0.6) is 0 Å². The zero-order valence-electron chi connectivity index (χ0n) is 12.9. The van der Waals surface area contributed by atoms with Gasteiger partial charge < -0.3 is 15.5 Å². The third kappa shape index (κ3) is 3.38. The summed E-state index contributed by atoms with van der Waals surface area (Å²) in [4.78, 5) is 14.6. The molecule has 21 heavy (non-hydrogen) atoms. The Bertz CT molecular complexity index is 507. The summed E-state index contributed by atoms with van der Waals surface area (Å²) < 4.78 is 0. The topological polar surface area (TPSA) is 44.4 Å². The van der Waals surface area contributed by atoms with Crippen LogP contribution in [0.15, 0.2) is 24.3 Å². The molecule has 114 valence electrons. The average molecular weight is 287 g/mol. The fraction of sp³-hybridized carbons (Fsp3) is 0.588. The molecule has 1 unspecified atom stereocenters. The normalized spacial score (nSPS) is 27.7. The van der Waals surface area contributed by atoms with Crippen LogP contribution in [0.25, 0.3) is 0 Å². The molecule has 4 heteroatoms. The first-order chi connectivity index (χ1) is 10.1. The van der Waals surface area contributed by atoms with Gasteiger partial charge in [0.15, 0.2) is 0 Å². The molecule has 4 rings (SSSR count). The van der Waals surface area contributed by atoms with Crippen molar-refractivity contribution >= 4 is 11.6 Å². The molecule has 0 radical (unpaired) electrons. The Morgan fingerprint density at radius 2 is 2.05 bits per heavy atom. The second kappa shape index (κ2) is 6.06. The van der Waals surface area contributed by atoms with Crippen LogP contribution in [0.4, 0.5) is 5.69 Å². The van der Waals surface area contributed by atoms with E-state index in [1.807, 2.05) is 32.0 Å². The Hall–Kier alpha value is -1.55. The van der Waals surface area contributed by atoms with E-state index in [-0.39, 0.29) is 11.9 Å². The zero-order valence-corrected chi connectivity index (χ0v) is 12.9. The van der Waals surface area contributed by atoms with E-state index in [0.29, 0.717) is 6.04 Å². The zero-order chi connectivity index (χ0) is 14.8. The molecule has 3 saturated heterocycles. The number of benzene rings is 1. The van der Waals surface area contributed by atoms with Gasteiger partial charge in [0, 0.05) is 29.9 Å². The van der Waals surface area contributed by atoms with Crippen molar-refractivity contribution in [1.29, 1.82) is 0 Å². The lowest BCUT2D eigenvalue weighted by Crippen LogP contribution is -2.53. The Labute approximate surface area is 126 Å². The van der Waals surface area contributed by atoms with Gasteiger partial charge in [0.05, 0.1) is 0 Å². The van der Waals surface area contributed by atoms with E-state index in [1.54, 1.807) is 0 Å². The fourth-order valence-electron chi connectivity index (χ4n) is 3.44. The highest BCUT2D eigenvalue weighted by Gasteiger charge is 2.33. The van der Waals surface area contributed by atoms with Crippen molar-refractivity contribution in [3.05, 3.63) is 29.8 Å². The van der Waals surface area contributed by atoms with Gasteiger partial charge in [-0.3, -0.25) is 4.79 Å². The summed E-state index contributed by atoms with van der Waals surface area (Å²) in [5.41, 5.74) is 1.79. The molecule has 1 aromatic carbocycles. The molecule has 1 aromatic rings. The molecule has 3 fully saturated rings. The van der Waals surface area contributed by atoms with E-state index in [1.165, 1.54) is 25.9 Å². The molecule has 0 aromatic heterocycles. The number of rotatable bonds is 4. The van der Waals surface area contributed by atoms with Crippen LogP contribution in [0.1, 0.15) is 37.0 Å². The highest BCUT2D eigenvalue weighted by molar-refractivity contribution is 5.95. The molecule has 2 N–H and O–H groups in total. The highest BCUT2D eigenvalue weighted by atomic mass is 16.1. The Morgan fingerprint density at radius 1 is 1.29 bits per heavy atom. The molecule has 3 aliphatic rings. The lowest BCUT2D eigenvalue weighted by Gasteiger charge is -2.45. The SMILES string of the molecule is CC(C)NC(=O)c1cccc(NC2CN3CCC2CC3)c1. The molecule has 0 spiro atoms. The van der Waals surface area contributed by atoms with Gasteiger partial charge in [0.25, 0.3) is 5.91 Å². The van der Waals surface area contributed by atoms with E-state index < -0.39 is 0 Å². The molecular weight excluding hydrogens is 262 g/mol. The van der Waals surface area contributed by atoms with Crippen molar-refractivity contribution in [2.45, 2.75) is 38.8 Å². The number of carbonyl (C=O) groups is 1. The van der Waals surface area contributed by atoms with Gasteiger partial charge in [-0.2, -0.15) is 0 Å². The van der Waals surface area contributed by atoms with Gasteiger partial charge in [-0.25, -0.2) is 0 Å². The maximum absolute atomic E-state index is 12.1. The van der Waals surface area contributed by atoms with Gasteiger partial charge in [-0.1, -0.05) is 6.07 Å². The van der Waals surface area contributed by atoms with E-state index in [9.17, 15) is 4.79 Å². The first-order valence-corrected chi connectivity index (χ1v) is 8.01. The predicted molar refractivity (Wildman–Crippen MR) is 85.6 cm³/mol. The number of fused-ring (bicyclic) bond motifs is 3. The number of nitrogens with zero attached hydrogens (tertiary/aromatic N) is 1. The monoisotopic (exact) mass is 287 g/mol. The number of anilines is 1. The number of hydrogen-bond donors (Lipinski definition) is 2. The summed E-state index contributed by atoms with van der Waals surface area (Å²) in [6.45, 7) is 7.59. The Morgan fingerprint density at radius 3 is 2.67 bits per heavy atom. The summed E-state index contributed by atoms with van der Waals surface area (Å²) in [7, 11) is 0. The van der Waals surface area contributed by atoms with Gasteiger partial charge in [-0.15, -0.1) is 0 Å². The summed E-state index contributed by atoms with van der Waals surface area (Å²) >= 11 is 0. The Balaban J connectivity index is 1.67. The maximum atomic E-state index is 12.1. The number of carbonyl (C=O) groups excluding carboxylic acids is 1. The van der Waals surface area contributed by atoms with Gasteiger partial charge in [0.2, 0.25) is 0 Å². The molecule has 3 heterocycles. The number of hydrogen-bond acceptors (Lipinski definition) is 3. The third-order valence-electron chi connectivity index (χ3n) is 4.55. The van der Waals surface area contributed by atoms with Crippen molar-refractivity contribution in [3.63, 3.8) is 0 Å². The van der Waals surface area contributed by atoms with Crippen LogP contribution in [-0.4, -0.2) is 42.5 Å². The first kappa shape index (κ1) is 14.4. The van der Waals surface area contributed by atoms with Gasteiger partial charge in [0.1, 0.15) is 0 Å². The molecule has 0 saturated carbocycles. The van der Waals surface area contributed by atoms with Crippen LogP contribution in [0, 0.1) is 5.92 Å². The minimum absolute atomic E-state index is 0.00237. The second-order valence-electron chi connectivity index (χ2n) is 6.60. The van der Waals surface area contributed by atoms with Crippen molar-refractivity contribution in [2.75, 3.05) is 25.0 Å². The number of nitrogens with one attached hydrogen (secondary N) is 2. The van der Waals surface area contributed by atoms with E-state index >= 15 is 0 Å². The Kier molecular flexibility index (Phi) is 4.15. The molecule has 1 atom stereocenters. The largest absolute Gasteiger partial charge is 0.381 e. The second-order valence-corrected chi connectivity index (χ2v) is 6.60. The lowest BCUT2D eigenvalue weighted by molar-refractivity contribution is 0.0942. The van der Waals surface area contributed by atoms with Crippen LogP contribution < -0.4 is 10.6 Å². The van der Waals surface area contributed by atoms with Crippen molar-refractivity contribution < 1.29 is 4.79 Å². The first-order valence-electron chi connectivity index (χ1n) is 8.01. The molecule has 0 aliphatic carbocycles. The van der Waals surface area contributed by atoms with Crippen molar-refractivity contribution in [2.24, 2.45) is 5.92 Å².